The fourth-order valence-electron chi connectivity index (χ4n) is 1.11. The second kappa shape index (κ2) is 5.29. The molecule has 0 atom stereocenters. The minimum absolute atomic E-state index is 0.0277. The Morgan fingerprint density at radius 1 is 1.47 bits per heavy atom. The third-order valence-electron chi connectivity index (χ3n) is 2.35. The molecule has 92 valence electrons. The number of hydrogen-bond acceptors (Lipinski definition) is 3. The van der Waals surface area contributed by atoms with Gasteiger partial charge in [-0.2, -0.15) is 0 Å². The van der Waals surface area contributed by atoms with E-state index in [1.165, 1.54) is 17.2 Å². The molecule has 6 nitrogen and oxygen atoms in total. The van der Waals surface area contributed by atoms with E-state index in [0.29, 0.717) is 0 Å². The minimum Gasteiger partial charge on any atom is -0.476 e. The van der Waals surface area contributed by atoms with Crippen molar-refractivity contribution in [3.05, 3.63) is 24.0 Å². The van der Waals surface area contributed by atoms with Crippen LogP contribution in [0.15, 0.2) is 18.3 Å². The zero-order valence-electron chi connectivity index (χ0n) is 9.97. The topological polar surface area (TPSA) is 82.5 Å². The lowest BCUT2D eigenvalue weighted by atomic mass is 10.3. The van der Waals surface area contributed by atoms with E-state index >= 15 is 0 Å². The quantitative estimate of drug-likeness (QED) is 0.837. The van der Waals surface area contributed by atoms with Gasteiger partial charge >= 0.3 is 12.0 Å². The Balaban J connectivity index is 2.89. The lowest BCUT2D eigenvalue weighted by molar-refractivity contribution is 0.0691. The highest BCUT2D eigenvalue weighted by Crippen LogP contribution is 2.13. The van der Waals surface area contributed by atoms with Gasteiger partial charge in [0.25, 0.3) is 0 Å². The predicted molar refractivity (Wildman–Crippen MR) is 63.1 cm³/mol. The second-order valence-corrected chi connectivity index (χ2v) is 3.84. The molecule has 0 saturated heterocycles. The number of carboxylic acids is 1. The van der Waals surface area contributed by atoms with Gasteiger partial charge in [-0.25, -0.2) is 14.6 Å². The molecule has 0 aliphatic rings. The maximum absolute atomic E-state index is 11.7. The predicted octanol–water partition coefficient (Wildman–Crippen LogP) is 1.65. The molecule has 0 fully saturated rings. The molecule has 1 aromatic heterocycles. The number of urea groups is 1. The number of pyridine rings is 1. The molecule has 0 saturated carbocycles. The van der Waals surface area contributed by atoms with Gasteiger partial charge in [0.15, 0.2) is 5.69 Å². The molecule has 0 spiro atoms. The first-order valence-corrected chi connectivity index (χ1v) is 5.15. The van der Waals surface area contributed by atoms with E-state index in [4.69, 9.17) is 5.11 Å². The molecule has 2 N–H and O–H groups in total. The summed E-state index contributed by atoms with van der Waals surface area (Å²) in [4.78, 5) is 27.8. The summed E-state index contributed by atoms with van der Waals surface area (Å²) in [5, 5.41) is 11.4. The molecule has 0 radical (unpaired) electrons. The van der Waals surface area contributed by atoms with Crippen LogP contribution in [0.25, 0.3) is 0 Å². The van der Waals surface area contributed by atoms with Crippen molar-refractivity contribution in [1.29, 1.82) is 0 Å². The number of amides is 2. The molecule has 0 unspecified atom stereocenters. The van der Waals surface area contributed by atoms with Crippen LogP contribution in [-0.2, 0) is 0 Å². The number of rotatable bonds is 3. The molecule has 1 aromatic rings. The Morgan fingerprint density at radius 2 is 2.12 bits per heavy atom. The van der Waals surface area contributed by atoms with E-state index in [-0.39, 0.29) is 23.5 Å². The number of aromatic nitrogens is 1. The summed E-state index contributed by atoms with van der Waals surface area (Å²) in [6, 6.07) is 2.73. The lowest BCUT2D eigenvalue weighted by Crippen LogP contribution is -2.36. The van der Waals surface area contributed by atoms with Crippen LogP contribution >= 0.6 is 0 Å². The lowest BCUT2D eigenvalue weighted by Gasteiger charge is -2.22. The summed E-state index contributed by atoms with van der Waals surface area (Å²) in [6.45, 7) is 3.72. The third kappa shape index (κ3) is 3.17. The molecule has 1 heterocycles. The Morgan fingerprint density at radius 3 is 2.65 bits per heavy atom. The molecular weight excluding hydrogens is 222 g/mol. The molecule has 17 heavy (non-hydrogen) atoms. The highest BCUT2D eigenvalue weighted by atomic mass is 16.4. The van der Waals surface area contributed by atoms with Gasteiger partial charge in [0.05, 0.1) is 5.69 Å². The highest BCUT2D eigenvalue weighted by Gasteiger charge is 2.16. The van der Waals surface area contributed by atoms with Gasteiger partial charge in [0.2, 0.25) is 0 Å². The van der Waals surface area contributed by atoms with Gasteiger partial charge in [-0.15, -0.1) is 0 Å². The summed E-state index contributed by atoms with van der Waals surface area (Å²) in [6.07, 6.45) is 1.37. The van der Waals surface area contributed by atoms with Gasteiger partial charge in [-0.3, -0.25) is 0 Å². The van der Waals surface area contributed by atoms with Gasteiger partial charge in [0.1, 0.15) is 0 Å². The Hall–Kier alpha value is -2.11. The monoisotopic (exact) mass is 237 g/mol. The fraction of sp³-hybridized carbons (Fsp3) is 0.364. The van der Waals surface area contributed by atoms with Gasteiger partial charge in [0, 0.05) is 19.3 Å². The number of hydrogen-bond donors (Lipinski definition) is 2. The van der Waals surface area contributed by atoms with Crippen LogP contribution in [0, 0.1) is 0 Å². The van der Waals surface area contributed by atoms with Crippen molar-refractivity contribution < 1.29 is 14.7 Å². The molecule has 2 amide bonds. The summed E-state index contributed by atoms with van der Waals surface area (Å²) >= 11 is 0. The number of carbonyl (C=O) groups excluding carboxylic acids is 1. The third-order valence-corrected chi connectivity index (χ3v) is 2.35. The van der Waals surface area contributed by atoms with E-state index in [9.17, 15) is 9.59 Å². The number of aromatic carboxylic acids is 1. The summed E-state index contributed by atoms with van der Waals surface area (Å²) in [5.74, 6) is -1.17. The zero-order chi connectivity index (χ0) is 13.0. The van der Waals surface area contributed by atoms with Crippen LogP contribution in [0.3, 0.4) is 0 Å². The van der Waals surface area contributed by atoms with Crippen LogP contribution < -0.4 is 5.32 Å². The first kappa shape index (κ1) is 13.0. The average molecular weight is 237 g/mol. The maximum Gasteiger partial charge on any atom is 0.356 e. The van der Waals surface area contributed by atoms with Gasteiger partial charge in [-0.1, -0.05) is 0 Å². The molecule has 1 rings (SSSR count). The fourth-order valence-corrected chi connectivity index (χ4v) is 1.11. The number of carbonyl (C=O) groups is 2. The SMILES string of the molecule is CC(C)N(C)C(=O)Nc1cccnc1C(=O)O. The number of nitrogens with one attached hydrogen (secondary N) is 1. The van der Waals surface area contributed by atoms with E-state index in [1.54, 1.807) is 13.1 Å². The molecular formula is C11H15N3O3. The second-order valence-electron chi connectivity index (χ2n) is 3.84. The van der Waals surface area contributed by atoms with Crippen molar-refractivity contribution in [1.82, 2.24) is 9.88 Å². The van der Waals surface area contributed by atoms with Crippen molar-refractivity contribution in [3.8, 4) is 0 Å². The average Bonchev–Trinajstić information content (AvgIpc) is 2.28. The molecule has 0 aromatic carbocycles. The van der Waals surface area contributed by atoms with Crippen LogP contribution in [0.1, 0.15) is 24.3 Å². The Kier molecular flexibility index (Phi) is 4.03. The van der Waals surface area contributed by atoms with Crippen LogP contribution in [0.5, 0.6) is 0 Å². The van der Waals surface area contributed by atoms with E-state index in [0.717, 1.165) is 0 Å². The van der Waals surface area contributed by atoms with E-state index < -0.39 is 5.97 Å². The number of nitrogens with zero attached hydrogens (tertiary/aromatic N) is 2. The van der Waals surface area contributed by atoms with Gasteiger partial charge in [-0.05, 0) is 26.0 Å². The Bertz CT molecular complexity index is 432. The van der Waals surface area contributed by atoms with Crippen molar-refractivity contribution in [2.75, 3.05) is 12.4 Å². The van der Waals surface area contributed by atoms with Crippen LogP contribution in [0.2, 0.25) is 0 Å². The standard InChI is InChI=1S/C11H15N3O3/c1-7(2)14(3)11(17)13-8-5-4-6-12-9(8)10(15)16/h4-7H,1-3H3,(H,13,17)(H,15,16). The molecule has 0 bridgehead atoms. The van der Waals surface area contributed by atoms with Crippen molar-refractivity contribution >= 4 is 17.7 Å². The molecule has 0 aliphatic heterocycles. The van der Waals surface area contributed by atoms with E-state index in [2.05, 4.69) is 10.3 Å². The minimum atomic E-state index is -1.17. The van der Waals surface area contributed by atoms with E-state index in [1.807, 2.05) is 13.8 Å². The summed E-state index contributed by atoms with van der Waals surface area (Å²) in [7, 11) is 1.64. The van der Waals surface area contributed by atoms with Crippen LogP contribution in [-0.4, -0.2) is 40.1 Å². The summed E-state index contributed by atoms with van der Waals surface area (Å²) in [5.41, 5.74) is 0.0236. The van der Waals surface area contributed by atoms with Crippen LogP contribution in [0.4, 0.5) is 10.5 Å². The smallest absolute Gasteiger partial charge is 0.356 e. The first-order chi connectivity index (χ1) is 7.93. The largest absolute Gasteiger partial charge is 0.476 e. The zero-order valence-corrected chi connectivity index (χ0v) is 9.97. The Labute approximate surface area is 99.3 Å². The molecule has 0 aliphatic carbocycles. The van der Waals surface area contributed by atoms with Crippen molar-refractivity contribution in [2.45, 2.75) is 19.9 Å². The number of anilines is 1. The van der Waals surface area contributed by atoms with Gasteiger partial charge < -0.3 is 15.3 Å². The van der Waals surface area contributed by atoms with Crippen molar-refractivity contribution in [3.63, 3.8) is 0 Å². The first-order valence-electron chi connectivity index (χ1n) is 5.15. The molecule has 6 heteroatoms. The maximum atomic E-state index is 11.7. The normalized spacial score (nSPS) is 10.1. The number of carboxylic acid groups (broad SMARTS) is 1. The summed E-state index contributed by atoms with van der Waals surface area (Å²) < 4.78 is 0. The highest BCUT2D eigenvalue weighted by molar-refractivity contribution is 5.98. The van der Waals surface area contributed by atoms with Crippen molar-refractivity contribution in [2.24, 2.45) is 0 Å².